The highest BCUT2D eigenvalue weighted by molar-refractivity contribution is 8.02. The number of benzene rings is 1. The van der Waals surface area contributed by atoms with Crippen LogP contribution in [0.2, 0.25) is 0 Å². The SMILES string of the molecule is CC[C@H]1S[C@H](CC)C(=O)N(CC(=O)NCCc2ccccc2)C1=O. The quantitative estimate of drug-likeness (QED) is 0.766. The highest BCUT2D eigenvalue weighted by atomic mass is 32.2. The van der Waals surface area contributed by atoms with Crippen molar-refractivity contribution < 1.29 is 14.4 Å². The summed E-state index contributed by atoms with van der Waals surface area (Å²) in [7, 11) is 0. The zero-order chi connectivity index (χ0) is 17.5. The summed E-state index contributed by atoms with van der Waals surface area (Å²) in [6.45, 7) is 4.16. The molecule has 0 saturated carbocycles. The van der Waals surface area contributed by atoms with Crippen molar-refractivity contribution in [3.05, 3.63) is 35.9 Å². The first-order valence-electron chi connectivity index (χ1n) is 8.38. The molecule has 0 aromatic heterocycles. The van der Waals surface area contributed by atoms with Gasteiger partial charge in [0.05, 0.1) is 10.5 Å². The van der Waals surface area contributed by atoms with Crippen molar-refractivity contribution in [2.75, 3.05) is 13.1 Å². The largest absolute Gasteiger partial charge is 0.354 e. The first-order valence-corrected chi connectivity index (χ1v) is 9.32. The molecule has 1 heterocycles. The molecule has 1 saturated heterocycles. The van der Waals surface area contributed by atoms with Gasteiger partial charge in [0, 0.05) is 6.54 Å². The van der Waals surface area contributed by atoms with Gasteiger partial charge >= 0.3 is 0 Å². The normalized spacial score (nSPS) is 21.0. The van der Waals surface area contributed by atoms with Crippen molar-refractivity contribution in [1.29, 1.82) is 0 Å². The number of nitrogens with one attached hydrogen (secondary N) is 1. The molecule has 1 N–H and O–H groups in total. The maximum atomic E-state index is 12.4. The fourth-order valence-corrected chi connectivity index (χ4v) is 3.93. The fourth-order valence-electron chi connectivity index (χ4n) is 2.66. The molecule has 2 rings (SSSR count). The van der Waals surface area contributed by atoms with Crippen molar-refractivity contribution in [3.8, 4) is 0 Å². The molecule has 1 aromatic rings. The van der Waals surface area contributed by atoms with Crippen LogP contribution in [0.5, 0.6) is 0 Å². The predicted molar refractivity (Wildman–Crippen MR) is 95.6 cm³/mol. The standard InChI is InChI=1S/C18H24N2O3S/c1-3-14-17(22)20(18(23)15(4-2)24-14)12-16(21)19-11-10-13-8-6-5-7-9-13/h5-9,14-15H,3-4,10-12H2,1-2H3,(H,19,21)/t14-,15-/m1/s1. The zero-order valence-corrected chi connectivity index (χ0v) is 15.0. The third-order valence-corrected chi connectivity index (χ3v) is 5.76. The van der Waals surface area contributed by atoms with Crippen LogP contribution in [0.25, 0.3) is 0 Å². The summed E-state index contributed by atoms with van der Waals surface area (Å²) in [5, 5.41) is 2.33. The average Bonchev–Trinajstić information content (AvgIpc) is 2.60. The minimum Gasteiger partial charge on any atom is -0.354 e. The lowest BCUT2D eigenvalue weighted by Gasteiger charge is -2.34. The smallest absolute Gasteiger partial charge is 0.242 e. The second kappa shape index (κ2) is 8.87. The van der Waals surface area contributed by atoms with Crippen molar-refractivity contribution in [2.45, 2.75) is 43.6 Å². The van der Waals surface area contributed by atoms with Crippen LogP contribution in [0, 0.1) is 0 Å². The Morgan fingerprint density at radius 2 is 1.67 bits per heavy atom. The number of amides is 3. The van der Waals surface area contributed by atoms with E-state index in [1.807, 2.05) is 44.2 Å². The topological polar surface area (TPSA) is 66.5 Å². The van der Waals surface area contributed by atoms with E-state index in [9.17, 15) is 14.4 Å². The van der Waals surface area contributed by atoms with Crippen LogP contribution in [0.4, 0.5) is 0 Å². The molecular formula is C18H24N2O3S. The van der Waals surface area contributed by atoms with Crippen LogP contribution in [-0.4, -0.2) is 46.2 Å². The highest BCUT2D eigenvalue weighted by Gasteiger charge is 2.40. The molecule has 3 amide bonds. The van der Waals surface area contributed by atoms with E-state index in [1.165, 1.54) is 11.8 Å². The number of nitrogens with zero attached hydrogens (tertiary/aromatic N) is 1. The Kier molecular flexibility index (Phi) is 6.85. The Bertz CT molecular complexity index is 569. The van der Waals surface area contributed by atoms with Gasteiger partial charge in [0.1, 0.15) is 6.54 Å². The van der Waals surface area contributed by atoms with Crippen molar-refractivity contribution >= 4 is 29.5 Å². The molecule has 6 heteroatoms. The molecule has 130 valence electrons. The molecule has 0 radical (unpaired) electrons. The maximum Gasteiger partial charge on any atom is 0.242 e. The average molecular weight is 348 g/mol. The number of carbonyl (C=O) groups is 3. The van der Waals surface area contributed by atoms with Gasteiger partial charge in [-0.1, -0.05) is 44.2 Å². The van der Waals surface area contributed by atoms with Crippen LogP contribution in [0.3, 0.4) is 0 Å². The Morgan fingerprint density at radius 1 is 1.08 bits per heavy atom. The second-order valence-electron chi connectivity index (χ2n) is 5.78. The molecule has 5 nitrogen and oxygen atoms in total. The van der Waals surface area contributed by atoms with E-state index >= 15 is 0 Å². The third kappa shape index (κ3) is 4.60. The lowest BCUT2D eigenvalue weighted by Crippen LogP contribution is -2.54. The lowest BCUT2D eigenvalue weighted by molar-refractivity contribution is -0.148. The van der Waals surface area contributed by atoms with Gasteiger partial charge in [-0.15, -0.1) is 11.8 Å². The van der Waals surface area contributed by atoms with Crippen LogP contribution >= 0.6 is 11.8 Å². The Labute approximate surface area is 147 Å². The number of rotatable bonds is 7. The van der Waals surface area contributed by atoms with E-state index in [4.69, 9.17) is 0 Å². The highest BCUT2D eigenvalue weighted by Crippen LogP contribution is 2.31. The molecule has 1 aromatic carbocycles. The van der Waals surface area contributed by atoms with Gasteiger partial charge in [-0.2, -0.15) is 0 Å². The minimum absolute atomic E-state index is 0.181. The number of hydrogen-bond acceptors (Lipinski definition) is 4. The summed E-state index contributed by atoms with van der Waals surface area (Å²) in [6, 6.07) is 9.85. The van der Waals surface area contributed by atoms with E-state index in [0.717, 1.165) is 16.9 Å². The molecular weight excluding hydrogens is 324 g/mol. The third-order valence-electron chi connectivity index (χ3n) is 4.03. The zero-order valence-electron chi connectivity index (χ0n) is 14.2. The summed E-state index contributed by atoms with van der Waals surface area (Å²) >= 11 is 1.42. The minimum atomic E-state index is -0.288. The van der Waals surface area contributed by atoms with Gasteiger partial charge < -0.3 is 5.32 Å². The van der Waals surface area contributed by atoms with E-state index in [1.54, 1.807) is 0 Å². The summed E-state index contributed by atoms with van der Waals surface area (Å²) in [5.74, 6) is -0.768. The van der Waals surface area contributed by atoms with E-state index in [2.05, 4.69) is 5.32 Å². The fraction of sp³-hybridized carbons (Fsp3) is 0.500. The molecule has 0 unspecified atom stereocenters. The predicted octanol–water partition coefficient (Wildman–Crippen LogP) is 2.00. The second-order valence-corrected chi connectivity index (χ2v) is 7.19. The van der Waals surface area contributed by atoms with Gasteiger partial charge in [-0.05, 0) is 24.8 Å². The monoisotopic (exact) mass is 348 g/mol. The molecule has 1 aliphatic rings. The Hall–Kier alpha value is -1.82. The number of thioether (sulfide) groups is 1. The molecule has 0 aliphatic carbocycles. The van der Waals surface area contributed by atoms with E-state index in [-0.39, 0.29) is 34.8 Å². The van der Waals surface area contributed by atoms with Crippen molar-refractivity contribution in [2.24, 2.45) is 0 Å². The first kappa shape index (κ1) is 18.5. The van der Waals surface area contributed by atoms with Crippen molar-refractivity contribution in [1.82, 2.24) is 10.2 Å². The summed E-state index contributed by atoms with van der Waals surface area (Å²) in [6.07, 6.45) is 2.05. The van der Waals surface area contributed by atoms with Crippen LogP contribution in [0.15, 0.2) is 30.3 Å². The first-order chi connectivity index (χ1) is 11.6. The van der Waals surface area contributed by atoms with Crippen LogP contribution < -0.4 is 5.32 Å². The van der Waals surface area contributed by atoms with Gasteiger partial charge in [-0.25, -0.2) is 0 Å². The number of imide groups is 1. The molecule has 1 fully saturated rings. The summed E-state index contributed by atoms with van der Waals surface area (Å²) in [5.41, 5.74) is 1.14. The number of carbonyl (C=O) groups excluding carboxylic acids is 3. The molecule has 24 heavy (non-hydrogen) atoms. The Morgan fingerprint density at radius 3 is 2.21 bits per heavy atom. The van der Waals surface area contributed by atoms with Crippen LogP contribution in [-0.2, 0) is 20.8 Å². The Balaban J connectivity index is 1.88. The lowest BCUT2D eigenvalue weighted by atomic mass is 10.1. The maximum absolute atomic E-state index is 12.4. The number of hydrogen-bond donors (Lipinski definition) is 1. The van der Waals surface area contributed by atoms with Crippen LogP contribution in [0.1, 0.15) is 32.3 Å². The molecule has 0 bridgehead atoms. The van der Waals surface area contributed by atoms with Gasteiger partial charge in [0.25, 0.3) is 0 Å². The molecule has 0 spiro atoms. The summed E-state index contributed by atoms with van der Waals surface area (Å²) < 4.78 is 0. The van der Waals surface area contributed by atoms with Gasteiger partial charge in [-0.3, -0.25) is 19.3 Å². The van der Waals surface area contributed by atoms with E-state index < -0.39 is 0 Å². The summed E-state index contributed by atoms with van der Waals surface area (Å²) in [4.78, 5) is 38.0. The van der Waals surface area contributed by atoms with E-state index in [0.29, 0.717) is 19.4 Å². The van der Waals surface area contributed by atoms with Gasteiger partial charge in [0.15, 0.2) is 0 Å². The van der Waals surface area contributed by atoms with Crippen molar-refractivity contribution in [3.63, 3.8) is 0 Å². The molecule has 2 atom stereocenters. The van der Waals surface area contributed by atoms with Gasteiger partial charge in [0.2, 0.25) is 17.7 Å². The molecule has 1 aliphatic heterocycles.